The number of nitrogens with one attached hydrogen (secondary N) is 2. The van der Waals surface area contributed by atoms with Crippen LogP contribution in [0, 0.1) is 10.8 Å². The first kappa shape index (κ1) is 36.5. The third-order valence-electron chi connectivity index (χ3n) is 13.2. The molecule has 10 rings (SSSR count). The average Bonchev–Trinajstić information content (AvgIpc) is 3.39. The molecule has 5 fully saturated rings. The molecule has 2 saturated carbocycles. The Bertz CT molecular complexity index is 2300. The van der Waals surface area contributed by atoms with Gasteiger partial charge in [-0.15, -0.1) is 0 Å². The first-order chi connectivity index (χ1) is 27.9. The molecule has 1 aromatic heterocycles. The maximum atomic E-state index is 13.2. The molecule has 4 amide bonds. The molecule has 0 bridgehead atoms. The fraction of sp³-hybridized carbons (Fsp3) is 0.422. The van der Waals surface area contributed by atoms with E-state index < -0.39 is 29.7 Å². The Morgan fingerprint density at radius 3 is 2.21 bits per heavy atom. The zero-order valence-electron chi connectivity index (χ0n) is 32.7. The number of benzene rings is 3. The zero-order chi connectivity index (χ0) is 39.8. The fourth-order valence-corrected chi connectivity index (χ4v) is 9.74. The molecule has 0 radical (unpaired) electrons. The van der Waals surface area contributed by atoms with Gasteiger partial charge in [0.15, 0.2) is 0 Å². The summed E-state index contributed by atoms with van der Waals surface area (Å²) in [4.78, 5) is 62.7. The van der Waals surface area contributed by atoms with Crippen LogP contribution in [0.4, 0.5) is 11.6 Å². The number of anilines is 2. The molecule has 5 heterocycles. The van der Waals surface area contributed by atoms with Gasteiger partial charge in [-0.2, -0.15) is 0 Å². The van der Waals surface area contributed by atoms with Crippen LogP contribution in [0.15, 0.2) is 79.0 Å². The number of fused-ring (bicyclic) bond motifs is 1. The van der Waals surface area contributed by atoms with Gasteiger partial charge in [-0.05, 0) is 97.2 Å². The molecule has 298 valence electrons. The van der Waals surface area contributed by atoms with Gasteiger partial charge in [0.05, 0.1) is 41.6 Å². The second-order valence-corrected chi connectivity index (χ2v) is 17.8. The number of hydrogen-bond donors (Lipinski definition) is 2. The molecule has 2 aliphatic carbocycles. The number of carbonyl (C=O) groups is 4. The second-order valence-electron chi connectivity index (χ2n) is 17.8. The normalized spacial score (nSPS) is 25.7. The van der Waals surface area contributed by atoms with Crippen LogP contribution in [0.5, 0.6) is 11.5 Å². The number of hydrogen-bond acceptors (Lipinski definition) is 11. The number of rotatable bonds is 11. The molecule has 4 aliphatic heterocycles. The predicted molar refractivity (Wildman–Crippen MR) is 213 cm³/mol. The van der Waals surface area contributed by atoms with Crippen molar-refractivity contribution in [1.82, 2.24) is 20.2 Å². The Labute approximate surface area is 336 Å². The van der Waals surface area contributed by atoms with Crippen molar-refractivity contribution in [2.75, 3.05) is 36.5 Å². The van der Waals surface area contributed by atoms with Gasteiger partial charge in [-0.3, -0.25) is 29.4 Å². The van der Waals surface area contributed by atoms with Crippen LogP contribution in [0.3, 0.4) is 0 Å². The van der Waals surface area contributed by atoms with Gasteiger partial charge in [0.2, 0.25) is 17.8 Å². The summed E-state index contributed by atoms with van der Waals surface area (Å²) in [6, 6.07) is 23.1. The maximum Gasteiger partial charge on any atom is 0.262 e. The lowest BCUT2D eigenvalue weighted by Gasteiger charge is -2.57. The molecule has 3 aromatic carbocycles. The highest BCUT2D eigenvalue weighted by Crippen LogP contribution is 2.57. The van der Waals surface area contributed by atoms with E-state index in [1.165, 1.54) is 11.1 Å². The zero-order valence-corrected chi connectivity index (χ0v) is 32.7. The Balaban J connectivity index is 0.681. The van der Waals surface area contributed by atoms with Crippen LogP contribution in [0.1, 0.15) is 89.9 Å². The minimum absolute atomic E-state index is 0.0926. The summed E-state index contributed by atoms with van der Waals surface area (Å²) in [6.45, 7) is 8.39. The first-order valence-electron chi connectivity index (χ1n) is 20.2. The van der Waals surface area contributed by atoms with Gasteiger partial charge < -0.3 is 24.4 Å². The van der Waals surface area contributed by atoms with E-state index in [4.69, 9.17) is 19.2 Å². The summed E-state index contributed by atoms with van der Waals surface area (Å²) in [6.07, 6.45) is 6.22. The molecule has 2 spiro atoms. The summed E-state index contributed by atoms with van der Waals surface area (Å²) in [5.74, 6) is 0.429. The van der Waals surface area contributed by atoms with Gasteiger partial charge in [0.25, 0.3) is 11.8 Å². The van der Waals surface area contributed by atoms with Crippen LogP contribution in [0.25, 0.3) is 0 Å². The number of ether oxygens (including phenoxy) is 3. The molecule has 1 atom stereocenters. The molecule has 2 N–H and O–H groups in total. The van der Waals surface area contributed by atoms with E-state index >= 15 is 0 Å². The number of carbonyl (C=O) groups excluding carboxylic acids is 4. The number of aromatic nitrogens is 2. The maximum absolute atomic E-state index is 13.2. The molecular formula is C45H46N6O7. The van der Waals surface area contributed by atoms with Crippen molar-refractivity contribution in [2.24, 2.45) is 10.8 Å². The van der Waals surface area contributed by atoms with E-state index in [0.29, 0.717) is 12.0 Å². The van der Waals surface area contributed by atoms with Crippen molar-refractivity contribution in [1.29, 1.82) is 0 Å². The van der Waals surface area contributed by atoms with E-state index in [-0.39, 0.29) is 46.9 Å². The number of nitrogens with zero attached hydrogens (tertiary/aromatic N) is 4. The standard InChI is InChI=1S/C45H46N6O7/c1-43(2,27-3-8-32(9-4-27)57-22-30-15-16-46-42(48-30)50-23-45(24-50)25-56-26-45)28-5-10-33(11-6-28)58-34-20-44(21-34)18-31(19-44)47-29-7-12-35-36(17-29)41(55)51(40(35)54)37-13-14-38(52)49-39(37)53/h3-12,15-17,31,34,37,47H,13-14,18-26H2,1-2H3,(H,49,52,53). The quantitative estimate of drug-likeness (QED) is 0.188. The lowest BCUT2D eigenvalue weighted by molar-refractivity contribution is -0.136. The average molecular weight is 783 g/mol. The fourth-order valence-electron chi connectivity index (χ4n) is 9.74. The molecule has 4 aromatic rings. The highest BCUT2D eigenvalue weighted by atomic mass is 16.5. The second kappa shape index (κ2) is 13.6. The van der Waals surface area contributed by atoms with Crippen molar-refractivity contribution in [3.8, 4) is 11.5 Å². The van der Waals surface area contributed by atoms with Crippen LogP contribution in [0.2, 0.25) is 0 Å². The van der Waals surface area contributed by atoms with Crippen LogP contribution >= 0.6 is 0 Å². The van der Waals surface area contributed by atoms with Crippen molar-refractivity contribution in [3.05, 3.63) is 107 Å². The predicted octanol–water partition coefficient (Wildman–Crippen LogP) is 5.42. The van der Waals surface area contributed by atoms with Crippen molar-refractivity contribution < 1.29 is 33.4 Å². The Kier molecular flexibility index (Phi) is 8.59. The smallest absolute Gasteiger partial charge is 0.262 e. The van der Waals surface area contributed by atoms with Crippen molar-refractivity contribution >= 4 is 35.3 Å². The van der Waals surface area contributed by atoms with E-state index in [1.54, 1.807) is 18.3 Å². The number of imide groups is 2. The molecule has 1 unspecified atom stereocenters. The molecule has 13 heteroatoms. The van der Waals surface area contributed by atoms with Gasteiger partial charge in [0.1, 0.15) is 24.1 Å². The van der Waals surface area contributed by atoms with Crippen molar-refractivity contribution in [3.63, 3.8) is 0 Å². The minimum Gasteiger partial charge on any atom is -0.490 e. The first-order valence-corrected chi connectivity index (χ1v) is 20.2. The van der Waals surface area contributed by atoms with Crippen LogP contribution in [-0.4, -0.2) is 83.0 Å². The Morgan fingerprint density at radius 2 is 1.53 bits per heavy atom. The highest BCUT2D eigenvalue weighted by Gasteiger charge is 2.54. The largest absolute Gasteiger partial charge is 0.490 e. The Morgan fingerprint density at radius 1 is 0.845 bits per heavy atom. The molecule has 13 nitrogen and oxygen atoms in total. The lowest BCUT2D eigenvalue weighted by Crippen LogP contribution is -2.66. The molecule has 58 heavy (non-hydrogen) atoms. The molecular weight excluding hydrogens is 737 g/mol. The van der Waals surface area contributed by atoms with E-state index in [2.05, 4.69) is 70.8 Å². The topological polar surface area (TPSA) is 152 Å². The summed E-state index contributed by atoms with van der Waals surface area (Å²) in [7, 11) is 0. The third kappa shape index (κ3) is 6.45. The Hall–Kier alpha value is -5.82. The monoisotopic (exact) mass is 782 g/mol. The molecule has 3 saturated heterocycles. The van der Waals surface area contributed by atoms with Crippen molar-refractivity contribution in [2.45, 2.75) is 82.6 Å². The minimum atomic E-state index is -0.972. The number of amides is 4. The summed E-state index contributed by atoms with van der Waals surface area (Å²) >= 11 is 0. The van der Waals surface area contributed by atoms with Gasteiger partial charge in [0, 0.05) is 42.9 Å². The summed E-state index contributed by atoms with van der Waals surface area (Å²) < 4.78 is 17.9. The lowest BCUT2D eigenvalue weighted by atomic mass is 9.53. The van der Waals surface area contributed by atoms with Crippen LogP contribution in [-0.2, 0) is 26.3 Å². The van der Waals surface area contributed by atoms with Gasteiger partial charge in [-0.25, -0.2) is 9.97 Å². The van der Waals surface area contributed by atoms with E-state index in [0.717, 1.165) is 85.7 Å². The third-order valence-corrected chi connectivity index (χ3v) is 13.2. The molecule has 6 aliphatic rings. The highest BCUT2D eigenvalue weighted by molar-refractivity contribution is 6.23. The van der Waals surface area contributed by atoms with E-state index in [1.807, 2.05) is 24.3 Å². The van der Waals surface area contributed by atoms with E-state index in [9.17, 15) is 19.2 Å². The summed E-state index contributed by atoms with van der Waals surface area (Å²) in [5.41, 5.74) is 4.92. The summed E-state index contributed by atoms with van der Waals surface area (Å²) in [5, 5.41) is 5.78. The SMILES string of the molecule is CC(C)(c1ccc(OCc2ccnc(N3CC4(COC4)C3)n2)cc1)c1ccc(OC2CC3(CC(Nc4ccc5c(c4)C(=O)N(C4CCC(=O)NC4=O)C5=O)C3)C2)cc1. The van der Waals surface area contributed by atoms with Gasteiger partial charge >= 0.3 is 0 Å². The van der Waals surface area contributed by atoms with Gasteiger partial charge in [-0.1, -0.05) is 38.1 Å². The van der Waals surface area contributed by atoms with Crippen LogP contribution < -0.4 is 25.0 Å². The number of piperidine rings is 1.